The van der Waals surface area contributed by atoms with Crippen LogP contribution in [0.2, 0.25) is 5.15 Å². The van der Waals surface area contributed by atoms with E-state index in [2.05, 4.69) is 10.1 Å². The van der Waals surface area contributed by atoms with Crippen LogP contribution in [0.1, 0.15) is 16.1 Å². The van der Waals surface area contributed by atoms with E-state index in [-0.39, 0.29) is 16.5 Å². The van der Waals surface area contributed by atoms with Crippen molar-refractivity contribution < 1.29 is 14.8 Å². The molecule has 98 valence electrons. The Kier molecular flexibility index (Phi) is 3.17. The number of halogens is 1. The first kappa shape index (κ1) is 13.0. The molecule has 2 aromatic heterocycles. The lowest BCUT2D eigenvalue weighted by Crippen LogP contribution is -2.10. The standard InChI is InChI=1S/C10H7ClN4O4/c1-5-4-8(15(18)19)13-14(5)9-6(10(16)17)2-3-7(11)12-9/h2-4H,1H3,(H,16,17). The maximum absolute atomic E-state index is 11.1. The van der Waals surface area contributed by atoms with Gasteiger partial charge < -0.3 is 15.2 Å². The average Bonchev–Trinajstić information content (AvgIpc) is 2.71. The number of hydrogen-bond acceptors (Lipinski definition) is 5. The molecule has 0 atom stereocenters. The van der Waals surface area contributed by atoms with E-state index in [1.54, 1.807) is 6.92 Å². The van der Waals surface area contributed by atoms with Gasteiger partial charge >= 0.3 is 11.8 Å². The Labute approximate surface area is 111 Å². The molecule has 9 heteroatoms. The van der Waals surface area contributed by atoms with Gasteiger partial charge in [0.2, 0.25) is 0 Å². The lowest BCUT2D eigenvalue weighted by molar-refractivity contribution is -0.389. The van der Waals surface area contributed by atoms with Crippen LogP contribution in [-0.2, 0) is 0 Å². The van der Waals surface area contributed by atoms with Crippen LogP contribution < -0.4 is 0 Å². The first-order chi connectivity index (χ1) is 8.90. The van der Waals surface area contributed by atoms with Gasteiger partial charge in [0, 0.05) is 0 Å². The molecule has 0 aliphatic heterocycles. The number of hydrogen-bond donors (Lipinski definition) is 1. The molecule has 0 saturated heterocycles. The van der Waals surface area contributed by atoms with Crippen LogP contribution in [0, 0.1) is 17.0 Å². The van der Waals surface area contributed by atoms with E-state index in [9.17, 15) is 14.9 Å². The minimum absolute atomic E-state index is 0.0643. The van der Waals surface area contributed by atoms with E-state index < -0.39 is 16.7 Å². The molecule has 0 aliphatic rings. The number of carbonyl (C=O) groups is 1. The number of rotatable bonds is 3. The third-order valence-corrected chi connectivity index (χ3v) is 2.54. The topological polar surface area (TPSA) is 111 Å². The summed E-state index contributed by atoms with van der Waals surface area (Å²) in [5, 5.41) is 23.5. The van der Waals surface area contributed by atoms with Crippen LogP contribution >= 0.6 is 11.6 Å². The Hall–Kier alpha value is -2.48. The Morgan fingerprint density at radius 3 is 2.74 bits per heavy atom. The minimum Gasteiger partial charge on any atom is -0.478 e. The summed E-state index contributed by atoms with van der Waals surface area (Å²) in [6.45, 7) is 1.55. The van der Waals surface area contributed by atoms with Gasteiger partial charge in [0.25, 0.3) is 0 Å². The molecule has 8 nitrogen and oxygen atoms in total. The molecular weight excluding hydrogens is 276 g/mol. The zero-order chi connectivity index (χ0) is 14.2. The summed E-state index contributed by atoms with van der Waals surface area (Å²) >= 11 is 5.71. The molecule has 1 N–H and O–H groups in total. The highest BCUT2D eigenvalue weighted by atomic mass is 35.5. The molecule has 0 aromatic carbocycles. The van der Waals surface area contributed by atoms with Crippen molar-refractivity contribution in [2.75, 3.05) is 0 Å². The third-order valence-electron chi connectivity index (χ3n) is 2.33. The first-order valence-electron chi connectivity index (χ1n) is 5.01. The summed E-state index contributed by atoms with van der Waals surface area (Å²) in [7, 11) is 0. The van der Waals surface area contributed by atoms with E-state index >= 15 is 0 Å². The molecule has 2 aromatic rings. The number of nitro groups is 1. The second-order valence-corrected chi connectivity index (χ2v) is 4.01. The Morgan fingerprint density at radius 2 is 2.21 bits per heavy atom. The van der Waals surface area contributed by atoms with Crippen molar-refractivity contribution in [2.24, 2.45) is 0 Å². The minimum atomic E-state index is -1.23. The molecule has 0 bridgehead atoms. The van der Waals surface area contributed by atoms with E-state index in [0.29, 0.717) is 5.69 Å². The van der Waals surface area contributed by atoms with E-state index in [4.69, 9.17) is 16.7 Å². The smallest absolute Gasteiger partial charge is 0.390 e. The zero-order valence-corrected chi connectivity index (χ0v) is 10.3. The van der Waals surface area contributed by atoms with E-state index in [1.807, 2.05) is 0 Å². The molecule has 0 aliphatic carbocycles. The Balaban J connectivity index is 2.67. The van der Waals surface area contributed by atoms with Crippen LogP contribution in [0.15, 0.2) is 18.2 Å². The van der Waals surface area contributed by atoms with Crippen LogP contribution in [0.5, 0.6) is 0 Å². The first-order valence-corrected chi connectivity index (χ1v) is 5.39. The number of aryl methyl sites for hydroxylation is 1. The second kappa shape index (κ2) is 4.65. The predicted octanol–water partition coefficient (Wildman–Crippen LogP) is 1.84. The monoisotopic (exact) mass is 282 g/mol. The number of aromatic carboxylic acids is 1. The van der Waals surface area contributed by atoms with Gasteiger partial charge in [-0.25, -0.2) is 9.78 Å². The summed E-state index contributed by atoms with van der Waals surface area (Å²) < 4.78 is 1.08. The highest BCUT2D eigenvalue weighted by Crippen LogP contribution is 2.20. The van der Waals surface area contributed by atoms with Crippen molar-refractivity contribution in [3.05, 3.63) is 44.7 Å². The molecule has 2 rings (SSSR count). The van der Waals surface area contributed by atoms with Crippen molar-refractivity contribution in [3.8, 4) is 5.82 Å². The third kappa shape index (κ3) is 2.38. The van der Waals surface area contributed by atoms with Gasteiger partial charge in [-0.15, -0.1) is 4.68 Å². The van der Waals surface area contributed by atoms with Crippen molar-refractivity contribution in [1.29, 1.82) is 0 Å². The van der Waals surface area contributed by atoms with Crippen LogP contribution in [0.25, 0.3) is 5.82 Å². The van der Waals surface area contributed by atoms with Crippen LogP contribution in [0.4, 0.5) is 5.82 Å². The fourth-order valence-electron chi connectivity index (χ4n) is 1.52. The van der Waals surface area contributed by atoms with Gasteiger partial charge in [-0.3, -0.25) is 0 Å². The maximum Gasteiger partial charge on any atom is 0.390 e. The lowest BCUT2D eigenvalue weighted by Gasteiger charge is -2.03. The van der Waals surface area contributed by atoms with Crippen molar-refractivity contribution in [2.45, 2.75) is 6.92 Å². The quantitative estimate of drug-likeness (QED) is 0.522. The number of aromatic nitrogens is 3. The molecule has 0 unspecified atom stereocenters. The highest BCUT2D eigenvalue weighted by Gasteiger charge is 2.22. The average molecular weight is 283 g/mol. The van der Waals surface area contributed by atoms with Gasteiger partial charge in [0.1, 0.15) is 10.7 Å². The Bertz CT molecular complexity index is 682. The summed E-state index contributed by atoms with van der Waals surface area (Å²) in [6, 6.07) is 3.80. The Morgan fingerprint density at radius 1 is 1.53 bits per heavy atom. The molecular formula is C10H7ClN4O4. The highest BCUT2D eigenvalue weighted by molar-refractivity contribution is 6.29. The SMILES string of the molecule is Cc1cc([N+](=O)[O-])nn1-c1nc(Cl)ccc1C(=O)O. The molecule has 0 spiro atoms. The van der Waals surface area contributed by atoms with Gasteiger partial charge in [-0.2, -0.15) is 0 Å². The second-order valence-electron chi connectivity index (χ2n) is 3.62. The molecule has 19 heavy (non-hydrogen) atoms. The molecule has 0 saturated carbocycles. The molecule has 0 radical (unpaired) electrons. The van der Waals surface area contributed by atoms with Gasteiger partial charge in [0.05, 0.1) is 16.9 Å². The zero-order valence-electron chi connectivity index (χ0n) is 9.57. The van der Waals surface area contributed by atoms with Crippen LogP contribution in [0.3, 0.4) is 0 Å². The van der Waals surface area contributed by atoms with Crippen molar-refractivity contribution >= 4 is 23.4 Å². The number of carboxylic acids is 1. The van der Waals surface area contributed by atoms with Crippen molar-refractivity contribution in [1.82, 2.24) is 14.8 Å². The lowest BCUT2D eigenvalue weighted by atomic mass is 10.2. The fourth-order valence-corrected chi connectivity index (χ4v) is 1.66. The fraction of sp³-hybridized carbons (Fsp3) is 0.100. The summed E-state index contributed by atoms with van der Waals surface area (Å²) in [6.07, 6.45) is 0. The predicted molar refractivity (Wildman–Crippen MR) is 64.7 cm³/mol. The number of pyridine rings is 1. The molecule has 0 fully saturated rings. The van der Waals surface area contributed by atoms with E-state index in [0.717, 1.165) is 4.68 Å². The molecule has 2 heterocycles. The van der Waals surface area contributed by atoms with Gasteiger partial charge in [0.15, 0.2) is 5.82 Å². The summed E-state index contributed by atoms with van der Waals surface area (Å²) in [5.41, 5.74) is 0.231. The van der Waals surface area contributed by atoms with Crippen molar-refractivity contribution in [3.63, 3.8) is 0 Å². The molecule has 0 amide bonds. The summed E-state index contributed by atoms with van der Waals surface area (Å²) in [4.78, 5) is 24.9. The normalized spacial score (nSPS) is 10.4. The van der Waals surface area contributed by atoms with Gasteiger partial charge in [-0.1, -0.05) is 11.6 Å². The van der Waals surface area contributed by atoms with Gasteiger partial charge in [-0.05, 0) is 24.0 Å². The number of carboxylic acid groups (broad SMARTS) is 1. The largest absolute Gasteiger partial charge is 0.478 e. The van der Waals surface area contributed by atoms with Crippen LogP contribution in [-0.4, -0.2) is 30.8 Å². The van der Waals surface area contributed by atoms with E-state index in [1.165, 1.54) is 18.2 Å². The summed E-state index contributed by atoms with van der Waals surface area (Å²) in [5.74, 6) is -1.68. The maximum atomic E-state index is 11.1. The number of nitrogens with zero attached hydrogens (tertiary/aromatic N) is 4.